The van der Waals surface area contributed by atoms with Crippen molar-refractivity contribution in [2.75, 3.05) is 0 Å². The Morgan fingerprint density at radius 2 is 2.20 bits per heavy atom. The van der Waals surface area contributed by atoms with Gasteiger partial charge in [-0.05, 0) is 34.7 Å². The predicted molar refractivity (Wildman–Crippen MR) is 43.5 cm³/mol. The van der Waals surface area contributed by atoms with Crippen LogP contribution in [0.25, 0.3) is 0 Å². The summed E-state index contributed by atoms with van der Waals surface area (Å²) < 4.78 is 13.3. The predicted octanol–water partition coefficient (Wildman–Crippen LogP) is 2.36. The molecule has 3 heteroatoms. The maximum absolute atomic E-state index is 12.6. The van der Waals surface area contributed by atoms with Gasteiger partial charge in [-0.15, -0.1) is 0 Å². The van der Waals surface area contributed by atoms with Crippen LogP contribution in [0.5, 0.6) is 0 Å². The molecule has 0 bridgehead atoms. The van der Waals surface area contributed by atoms with Gasteiger partial charge in [0.05, 0.1) is 0 Å². The van der Waals surface area contributed by atoms with Crippen molar-refractivity contribution >= 4 is 22.6 Å². The number of benzene rings is 1. The Balaban J connectivity index is 3.17. The molecule has 0 aliphatic heterocycles. The SMILES string of the molecule is [O]Cc1c(F)cccc1I. The molecule has 10 heavy (non-hydrogen) atoms. The van der Waals surface area contributed by atoms with E-state index in [2.05, 4.69) is 0 Å². The van der Waals surface area contributed by atoms with Gasteiger partial charge in [0, 0.05) is 9.13 Å². The number of halogens is 2. The van der Waals surface area contributed by atoms with Crippen molar-refractivity contribution in [3.8, 4) is 0 Å². The second kappa shape index (κ2) is 3.30. The summed E-state index contributed by atoms with van der Waals surface area (Å²) in [5.74, 6) is -0.401. The van der Waals surface area contributed by atoms with Crippen LogP contribution in [-0.4, -0.2) is 0 Å². The molecule has 0 amide bonds. The minimum absolute atomic E-state index is 0.267. The quantitative estimate of drug-likeness (QED) is 0.683. The van der Waals surface area contributed by atoms with Gasteiger partial charge in [0.25, 0.3) is 0 Å². The van der Waals surface area contributed by atoms with Gasteiger partial charge in [0.2, 0.25) is 0 Å². The monoisotopic (exact) mass is 251 g/mol. The summed E-state index contributed by atoms with van der Waals surface area (Å²) >= 11 is 1.95. The highest BCUT2D eigenvalue weighted by atomic mass is 127. The van der Waals surface area contributed by atoms with Crippen LogP contribution in [0, 0.1) is 9.39 Å². The Morgan fingerprint density at radius 3 is 2.60 bits per heavy atom. The van der Waals surface area contributed by atoms with Crippen molar-refractivity contribution in [1.29, 1.82) is 0 Å². The molecule has 0 saturated heterocycles. The first-order valence-electron chi connectivity index (χ1n) is 2.76. The Hall–Kier alpha value is -0.160. The van der Waals surface area contributed by atoms with Gasteiger partial charge in [0.1, 0.15) is 12.4 Å². The third kappa shape index (κ3) is 1.46. The van der Waals surface area contributed by atoms with E-state index in [1.807, 2.05) is 22.6 Å². The lowest BCUT2D eigenvalue weighted by atomic mass is 10.2. The summed E-state index contributed by atoms with van der Waals surface area (Å²) in [5.41, 5.74) is 0.267. The molecule has 0 saturated carbocycles. The van der Waals surface area contributed by atoms with E-state index < -0.39 is 12.4 Å². The molecule has 0 N–H and O–H groups in total. The molecule has 0 aromatic heterocycles. The minimum atomic E-state index is -0.481. The zero-order chi connectivity index (χ0) is 7.56. The zero-order valence-corrected chi connectivity index (χ0v) is 7.26. The third-order valence-corrected chi connectivity index (χ3v) is 2.22. The molecule has 53 valence electrons. The molecule has 0 spiro atoms. The fourth-order valence-corrected chi connectivity index (χ4v) is 1.29. The third-order valence-electron chi connectivity index (χ3n) is 1.21. The molecule has 1 aromatic carbocycles. The Morgan fingerprint density at radius 1 is 1.50 bits per heavy atom. The van der Waals surface area contributed by atoms with E-state index in [1.54, 1.807) is 12.1 Å². The topological polar surface area (TPSA) is 19.9 Å². The smallest absolute Gasteiger partial charge is 0.129 e. The lowest BCUT2D eigenvalue weighted by Crippen LogP contribution is -1.91. The number of hydrogen-bond acceptors (Lipinski definition) is 0. The fraction of sp³-hybridized carbons (Fsp3) is 0.143. The van der Waals surface area contributed by atoms with Crippen LogP contribution in [0.1, 0.15) is 5.56 Å². The average molecular weight is 251 g/mol. The highest BCUT2D eigenvalue weighted by molar-refractivity contribution is 14.1. The molecule has 0 aliphatic rings. The van der Waals surface area contributed by atoms with Crippen LogP contribution in [0.2, 0.25) is 0 Å². The first-order valence-corrected chi connectivity index (χ1v) is 3.84. The molecule has 1 rings (SSSR count). The van der Waals surface area contributed by atoms with Gasteiger partial charge < -0.3 is 0 Å². The number of rotatable bonds is 1. The molecular weight excluding hydrogens is 246 g/mol. The summed E-state index contributed by atoms with van der Waals surface area (Å²) in [4.78, 5) is 0. The molecule has 0 unspecified atom stereocenters. The van der Waals surface area contributed by atoms with Crippen LogP contribution in [0.15, 0.2) is 18.2 Å². The lowest BCUT2D eigenvalue weighted by Gasteiger charge is -1.98. The molecule has 0 atom stereocenters. The second-order valence-electron chi connectivity index (χ2n) is 1.84. The van der Waals surface area contributed by atoms with E-state index in [-0.39, 0.29) is 5.56 Å². The molecule has 1 radical (unpaired) electrons. The molecule has 0 fully saturated rings. The van der Waals surface area contributed by atoms with Crippen LogP contribution in [0.4, 0.5) is 4.39 Å². The highest BCUT2D eigenvalue weighted by Crippen LogP contribution is 2.15. The minimum Gasteiger partial charge on any atom is -0.231 e. The second-order valence-corrected chi connectivity index (χ2v) is 3.01. The molecular formula is C7H5FIO. The van der Waals surface area contributed by atoms with Crippen molar-refractivity contribution < 1.29 is 9.50 Å². The Bertz CT molecular complexity index is 217. The van der Waals surface area contributed by atoms with Gasteiger partial charge in [-0.2, -0.15) is 0 Å². The van der Waals surface area contributed by atoms with E-state index in [1.165, 1.54) is 6.07 Å². The normalized spacial score (nSPS) is 9.90. The van der Waals surface area contributed by atoms with Crippen molar-refractivity contribution in [2.45, 2.75) is 6.61 Å². The highest BCUT2D eigenvalue weighted by Gasteiger charge is 2.03. The maximum Gasteiger partial charge on any atom is 0.129 e. The Labute approximate surface area is 72.0 Å². The van der Waals surface area contributed by atoms with E-state index in [4.69, 9.17) is 0 Å². The van der Waals surface area contributed by atoms with Crippen LogP contribution >= 0.6 is 22.6 Å². The standard InChI is InChI=1S/C7H5FIO/c8-6-2-1-3-7(9)5(6)4-10/h1-3H,4H2. The first kappa shape index (κ1) is 7.94. The van der Waals surface area contributed by atoms with Gasteiger partial charge in [-0.3, -0.25) is 0 Å². The summed E-state index contributed by atoms with van der Waals surface area (Å²) in [6.45, 7) is -0.481. The van der Waals surface area contributed by atoms with Crippen LogP contribution < -0.4 is 0 Å². The Kier molecular flexibility index (Phi) is 2.62. The van der Waals surface area contributed by atoms with E-state index in [0.717, 1.165) is 0 Å². The largest absolute Gasteiger partial charge is 0.231 e. The van der Waals surface area contributed by atoms with E-state index >= 15 is 0 Å². The van der Waals surface area contributed by atoms with Crippen molar-refractivity contribution in [2.24, 2.45) is 0 Å². The van der Waals surface area contributed by atoms with E-state index in [9.17, 15) is 9.50 Å². The molecule has 0 aliphatic carbocycles. The van der Waals surface area contributed by atoms with Gasteiger partial charge >= 0.3 is 0 Å². The van der Waals surface area contributed by atoms with E-state index in [0.29, 0.717) is 3.57 Å². The molecule has 1 nitrogen and oxygen atoms in total. The number of hydrogen-bond donors (Lipinski definition) is 0. The van der Waals surface area contributed by atoms with Crippen LogP contribution in [-0.2, 0) is 11.7 Å². The average Bonchev–Trinajstić information content (AvgIpc) is 1.88. The van der Waals surface area contributed by atoms with Gasteiger partial charge in [-0.25, -0.2) is 9.50 Å². The molecule has 1 aromatic rings. The summed E-state index contributed by atoms with van der Waals surface area (Å²) in [5, 5.41) is 10.3. The fourth-order valence-electron chi connectivity index (χ4n) is 0.670. The molecule has 0 heterocycles. The first-order chi connectivity index (χ1) is 4.75. The summed E-state index contributed by atoms with van der Waals surface area (Å²) in [6, 6.07) is 4.61. The lowest BCUT2D eigenvalue weighted by molar-refractivity contribution is 0.173. The van der Waals surface area contributed by atoms with Gasteiger partial charge in [0.15, 0.2) is 0 Å². The van der Waals surface area contributed by atoms with Crippen molar-refractivity contribution in [3.05, 3.63) is 33.1 Å². The summed E-state index contributed by atoms with van der Waals surface area (Å²) in [7, 11) is 0. The maximum atomic E-state index is 12.6. The van der Waals surface area contributed by atoms with Crippen molar-refractivity contribution in [3.63, 3.8) is 0 Å². The zero-order valence-electron chi connectivity index (χ0n) is 5.10. The van der Waals surface area contributed by atoms with Crippen molar-refractivity contribution in [1.82, 2.24) is 0 Å². The summed E-state index contributed by atoms with van der Waals surface area (Å²) in [6.07, 6.45) is 0. The van der Waals surface area contributed by atoms with Gasteiger partial charge in [-0.1, -0.05) is 6.07 Å². The van der Waals surface area contributed by atoms with Crippen LogP contribution in [0.3, 0.4) is 0 Å².